The molecule has 2 aromatic rings. The molecule has 1 aromatic carbocycles. The van der Waals surface area contributed by atoms with Crippen molar-refractivity contribution in [1.82, 2.24) is 15.0 Å². The largest absolute Gasteiger partial charge is 0.296 e. The van der Waals surface area contributed by atoms with Crippen LogP contribution in [0.15, 0.2) is 22.8 Å². The molecule has 0 aliphatic rings. The number of hydrogen-bond acceptors (Lipinski definition) is 3. The van der Waals surface area contributed by atoms with Crippen molar-refractivity contribution in [2.45, 2.75) is 13.8 Å². The third kappa shape index (κ3) is 1.90. The summed E-state index contributed by atoms with van der Waals surface area (Å²) in [5, 5.41) is 7.62. The second kappa shape index (κ2) is 4.17. The second-order valence-electron chi connectivity index (χ2n) is 3.60. The van der Waals surface area contributed by atoms with Crippen LogP contribution in [0.4, 0.5) is 0 Å². The summed E-state index contributed by atoms with van der Waals surface area (Å²) in [6, 6.07) is 3.97. The summed E-state index contributed by atoms with van der Waals surface area (Å²) >= 11 is 3.50. The fourth-order valence-corrected chi connectivity index (χ4v) is 1.74. The third-order valence-corrected chi connectivity index (χ3v) is 3.57. The van der Waals surface area contributed by atoms with Crippen LogP contribution in [0.25, 0.3) is 5.69 Å². The van der Waals surface area contributed by atoms with Crippen LogP contribution in [-0.2, 0) is 0 Å². The minimum atomic E-state index is 0.332. The van der Waals surface area contributed by atoms with Gasteiger partial charge in [0, 0.05) is 4.47 Å². The topological polar surface area (TPSA) is 47.8 Å². The van der Waals surface area contributed by atoms with E-state index in [0.717, 1.165) is 21.3 Å². The first-order chi connectivity index (χ1) is 7.61. The molecular weight excluding hydrogens is 270 g/mol. The number of hydrogen-bond donors (Lipinski definition) is 0. The minimum Gasteiger partial charge on any atom is -0.296 e. The van der Waals surface area contributed by atoms with Gasteiger partial charge in [-0.3, -0.25) is 4.79 Å². The molecule has 0 spiro atoms. The number of nitrogens with zero attached hydrogens (tertiary/aromatic N) is 3. The molecule has 0 saturated carbocycles. The molecule has 0 aliphatic carbocycles. The Morgan fingerprint density at radius 1 is 1.31 bits per heavy atom. The van der Waals surface area contributed by atoms with Crippen LogP contribution in [0.3, 0.4) is 0 Å². The first-order valence-corrected chi connectivity index (χ1v) is 5.56. The molecule has 2 rings (SSSR count). The van der Waals surface area contributed by atoms with Crippen molar-refractivity contribution in [3.63, 3.8) is 0 Å². The van der Waals surface area contributed by atoms with Gasteiger partial charge >= 0.3 is 0 Å². The predicted octanol–water partition coefficient (Wildman–Crippen LogP) is 2.46. The molecule has 0 radical (unpaired) electrons. The van der Waals surface area contributed by atoms with Gasteiger partial charge in [0.2, 0.25) is 0 Å². The highest BCUT2D eigenvalue weighted by Gasteiger charge is 2.06. The maximum Gasteiger partial charge on any atom is 0.171 e. The van der Waals surface area contributed by atoms with Gasteiger partial charge in [-0.1, -0.05) is 21.1 Å². The molecule has 0 atom stereocenters. The first kappa shape index (κ1) is 11.0. The molecule has 0 unspecified atom stereocenters. The Balaban J connectivity index is 2.52. The van der Waals surface area contributed by atoms with Crippen LogP contribution >= 0.6 is 15.9 Å². The van der Waals surface area contributed by atoms with E-state index in [0.29, 0.717) is 12.0 Å². The Kier molecular flexibility index (Phi) is 2.87. The van der Waals surface area contributed by atoms with Crippen molar-refractivity contribution in [3.8, 4) is 5.69 Å². The average molecular weight is 280 g/mol. The molecule has 0 saturated heterocycles. The number of aryl methyl sites for hydroxylation is 2. The summed E-state index contributed by atoms with van der Waals surface area (Å²) in [4.78, 5) is 10.5. The second-order valence-corrected chi connectivity index (χ2v) is 4.39. The smallest absolute Gasteiger partial charge is 0.171 e. The standard InChI is InChI=1S/C11H10BrN3O/c1-7-3-10(4-8(2)11(7)12)15-5-9(6-16)13-14-15/h3-6H,1-2H3. The molecule has 16 heavy (non-hydrogen) atoms. The van der Waals surface area contributed by atoms with Gasteiger partial charge in [-0.05, 0) is 37.1 Å². The Morgan fingerprint density at radius 3 is 2.44 bits per heavy atom. The Hall–Kier alpha value is -1.49. The van der Waals surface area contributed by atoms with Gasteiger partial charge in [0.1, 0.15) is 5.69 Å². The lowest BCUT2D eigenvalue weighted by Gasteiger charge is -2.06. The highest BCUT2D eigenvalue weighted by molar-refractivity contribution is 9.10. The molecule has 0 amide bonds. The van der Waals surface area contributed by atoms with Crippen molar-refractivity contribution in [2.24, 2.45) is 0 Å². The zero-order chi connectivity index (χ0) is 11.7. The van der Waals surface area contributed by atoms with E-state index < -0.39 is 0 Å². The fraction of sp³-hybridized carbons (Fsp3) is 0.182. The number of halogens is 1. The summed E-state index contributed by atoms with van der Waals surface area (Å²) < 4.78 is 2.68. The summed E-state index contributed by atoms with van der Waals surface area (Å²) in [5.41, 5.74) is 3.48. The molecule has 0 aliphatic heterocycles. The van der Waals surface area contributed by atoms with Crippen LogP contribution < -0.4 is 0 Å². The molecule has 0 N–H and O–H groups in total. The number of benzene rings is 1. The van der Waals surface area contributed by atoms with E-state index in [9.17, 15) is 4.79 Å². The quantitative estimate of drug-likeness (QED) is 0.794. The molecule has 0 fully saturated rings. The highest BCUT2D eigenvalue weighted by Crippen LogP contribution is 2.23. The van der Waals surface area contributed by atoms with E-state index in [4.69, 9.17) is 0 Å². The third-order valence-electron chi connectivity index (χ3n) is 2.32. The van der Waals surface area contributed by atoms with Crippen molar-refractivity contribution in [1.29, 1.82) is 0 Å². The van der Waals surface area contributed by atoms with Gasteiger partial charge in [0.05, 0.1) is 11.9 Å². The number of carbonyl (C=O) groups excluding carboxylic acids is 1. The highest BCUT2D eigenvalue weighted by atomic mass is 79.9. The minimum absolute atomic E-state index is 0.332. The SMILES string of the molecule is Cc1cc(-n2cc(C=O)nn2)cc(C)c1Br. The first-order valence-electron chi connectivity index (χ1n) is 4.76. The lowest BCUT2D eigenvalue weighted by atomic mass is 10.1. The van der Waals surface area contributed by atoms with Crippen LogP contribution in [0.5, 0.6) is 0 Å². The summed E-state index contributed by atoms with van der Waals surface area (Å²) in [6.07, 6.45) is 2.29. The Labute approximate surface area is 101 Å². The van der Waals surface area contributed by atoms with Crippen LogP contribution in [0.2, 0.25) is 0 Å². The molecule has 4 nitrogen and oxygen atoms in total. The number of rotatable bonds is 2. The Morgan fingerprint density at radius 2 is 1.94 bits per heavy atom. The van der Waals surface area contributed by atoms with Gasteiger partial charge in [0.25, 0.3) is 0 Å². The van der Waals surface area contributed by atoms with E-state index in [-0.39, 0.29) is 0 Å². The fourth-order valence-electron chi connectivity index (χ4n) is 1.51. The van der Waals surface area contributed by atoms with Crippen LogP contribution in [0.1, 0.15) is 21.6 Å². The molecule has 82 valence electrons. The lowest BCUT2D eigenvalue weighted by molar-refractivity contribution is 0.111. The summed E-state index contributed by atoms with van der Waals surface area (Å²) in [7, 11) is 0. The van der Waals surface area contributed by atoms with E-state index in [1.54, 1.807) is 10.9 Å². The molecule has 1 heterocycles. The van der Waals surface area contributed by atoms with Gasteiger partial charge in [-0.2, -0.15) is 0 Å². The van der Waals surface area contributed by atoms with Gasteiger partial charge in [-0.25, -0.2) is 4.68 Å². The maximum absolute atomic E-state index is 10.5. The van der Waals surface area contributed by atoms with Crippen molar-refractivity contribution < 1.29 is 4.79 Å². The van der Waals surface area contributed by atoms with Gasteiger partial charge in [0.15, 0.2) is 6.29 Å². The summed E-state index contributed by atoms with van der Waals surface area (Å²) in [6.45, 7) is 4.02. The molecule has 0 bridgehead atoms. The van der Waals surface area contributed by atoms with Crippen LogP contribution in [0, 0.1) is 13.8 Å². The van der Waals surface area contributed by atoms with Crippen LogP contribution in [-0.4, -0.2) is 21.3 Å². The number of aromatic nitrogens is 3. The average Bonchev–Trinajstić information content (AvgIpc) is 2.73. The van der Waals surface area contributed by atoms with E-state index in [1.165, 1.54) is 0 Å². The van der Waals surface area contributed by atoms with Gasteiger partial charge in [-0.15, -0.1) is 5.10 Å². The lowest BCUT2D eigenvalue weighted by Crippen LogP contribution is -1.97. The number of carbonyl (C=O) groups is 1. The number of aldehydes is 1. The predicted molar refractivity (Wildman–Crippen MR) is 63.9 cm³/mol. The maximum atomic E-state index is 10.5. The zero-order valence-electron chi connectivity index (χ0n) is 8.94. The normalized spacial score (nSPS) is 10.4. The van der Waals surface area contributed by atoms with Gasteiger partial charge < -0.3 is 0 Å². The van der Waals surface area contributed by atoms with Crippen molar-refractivity contribution >= 4 is 22.2 Å². The monoisotopic (exact) mass is 279 g/mol. The molecule has 5 heteroatoms. The van der Waals surface area contributed by atoms with E-state index in [2.05, 4.69) is 26.2 Å². The zero-order valence-corrected chi connectivity index (χ0v) is 10.5. The van der Waals surface area contributed by atoms with E-state index in [1.807, 2.05) is 26.0 Å². The van der Waals surface area contributed by atoms with Crippen molar-refractivity contribution in [3.05, 3.63) is 39.6 Å². The Bertz CT molecular complexity index is 525. The van der Waals surface area contributed by atoms with Crippen molar-refractivity contribution in [2.75, 3.05) is 0 Å². The van der Waals surface area contributed by atoms with E-state index >= 15 is 0 Å². The summed E-state index contributed by atoms with van der Waals surface area (Å²) in [5.74, 6) is 0. The molecule has 1 aromatic heterocycles. The molecular formula is C11H10BrN3O.